The van der Waals surface area contributed by atoms with E-state index in [1.54, 1.807) is 0 Å². The van der Waals surface area contributed by atoms with Crippen molar-refractivity contribution in [2.75, 3.05) is 12.4 Å². The maximum atomic E-state index is 11.8. The van der Waals surface area contributed by atoms with E-state index in [0.717, 1.165) is 10.7 Å². The van der Waals surface area contributed by atoms with E-state index in [-0.39, 0.29) is 19.3 Å². The van der Waals surface area contributed by atoms with Crippen molar-refractivity contribution >= 4 is 89.8 Å². The van der Waals surface area contributed by atoms with E-state index in [9.17, 15) is 18.0 Å². The predicted molar refractivity (Wildman–Crippen MR) is 111 cm³/mol. The highest BCUT2D eigenvalue weighted by atomic mass is 127. The van der Waals surface area contributed by atoms with Crippen LogP contribution in [0, 0.1) is 10.7 Å². The van der Waals surface area contributed by atoms with Gasteiger partial charge >= 0.3 is 11.9 Å². The molecule has 0 saturated heterocycles. The van der Waals surface area contributed by atoms with Gasteiger partial charge in [-0.3, -0.25) is 14.1 Å². The van der Waals surface area contributed by atoms with Gasteiger partial charge in [0, 0.05) is 16.4 Å². The number of carbonyl (C=O) groups excluding carboxylic acids is 2. The van der Waals surface area contributed by atoms with Crippen LogP contribution in [0.25, 0.3) is 0 Å². The first-order valence-electron chi connectivity index (χ1n) is 6.54. The Morgan fingerprint density at radius 3 is 2.12 bits per heavy atom. The lowest BCUT2D eigenvalue weighted by Crippen LogP contribution is -2.15. The zero-order chi connectivity index (χ0) is 18.3. The van der Waals surface area contributed by atoms with Gasteiger partial charge in [0.2, 0.25) is 0 Å². The summed E-state index contributed by atoms with van der Waals surface area (Å²) in [5.74, 6) is -1.25. The molecule has 0 fully saturated rings. The van der Waals surface area contributed by atoms with Gasteiger partial charge in [-0.15, -0.1) is 0 Å². The number of halogens is 3. The summed E-state index contributed by atoms with van der Waals surface area (Å²) in [7, 11) is -4.15. The molecule has 134 valence electrons. The number of hydrogen-bond acceptors (Lipinski definition) is 6. The zero-order valence-electron chi connectivity index (χ0n) is 12.1. The molecule has 0 heterocycles. The van der Waals surface area contributed by atoms with E-state index >= 15 is 0 Å². The maximum Gasteiger partial charge on any atom is 0.311 e. The third-order valence-corrected chi connectivity index (χ3v) is 5.45. The average molecular weight is 694 g/mol. The molecule has 11 heteroatoms. The first-order chi connectivity index (χ1) is 11.1. The van der Waals surface area contributed by atoms with Crippen LogP contribution in [-0.4, -0.2) is 37.3 Å². The molecule has 0 unspecified atom stereocenters. The molecule has 0 aromatic heterocycles. The predicted octanol–water partition coefficient (Wildman–Crippen LogP) is 3.01. The van der Waals surface area contributed by atoms with Gasteiger partial charge in [0.1, 0.15) is 12.4 Å². The minimum Gasteiger partial charge on any atom is -0.464 e. The van der Waals surface area contributed by atoms with Gasteiger partial charge in [-0.05, 0) is 86.3 Å². The van der Waals surface area contributed by atoms with Gasteiger partial charge in [0.05, 0.1) is 7.14 Å². The Bertz CT molecular complexity index is 695. The SMILES string of the molecule is O=C(CCCC(=O)Oc1c(I)cc(I)cc1I)OCCS(=O)(=O)O. The molecule has 0 aliphatic heterocycles. The Hall–Kier alpha value is 0.260. The van der Waals surface area contributed by atoms with Crippen LogP contribution in [-0.2, 0) is 24.4 Å². The fourth-order valence-corrected chi connectivity index (χ4v) is 5.60. The molecule has 0 aliphatic carbocycles. The van der Waals surface area contributed by atoms with Crippen LogP contribution in [0.3, 0.4) is 0 Å². The molecular weight excluding hydrogens is 681 g/mol. The highest BCUT2D eigenvalue weighted by Crippen LogP contribution is 2.29. The second-order valence-electron chi connectivity index (χ2n) is 4.53. The Morgan fingerprint density at radius 2 is 1.58 bits per heavy atom. The summed E-state index contributed by atoms with van der Waals surface area (Å²) in [4.78, 5) is 23.2. The van der Waals surface area contributed by atoms with Crippen LogP contribution in [0.5, 0.6) is 5.75 Å². The number of rotatable bonds is 8. The quantitative estimate of drug-likeness (QED) is 0.193. The van der Waals surface area contributed by atoms with Gasteiger partial charge in [-0.2, -0.15) is 8.42 Å². The summed E-state index contributed by atoms with van der Waals surface area (Å²) in [6.07, 6.45) is 0.216. The number of esters is 2. The van der Waals surface area contributed by atoms with Crippen LogP contribution in [0.15, 0.2) is 12.1 Å². The molecule has 0 radical (unpaired) electrons. The Balaban J connectivity index is 2.36. The van der Waals surface area contributed by atoms with Crippen molar-refractivity contribution in [2.24, 2.45) is 0 Å². The maximum absolute atomic E-state index is 11.8. The molecule has 24 heavy (non-hydrogen) atoms. The van der Waals surface area contributed by atoms with Gasteiger partial charge in [-0.1, -0.05) is 0 Å². The lowest BCUT2D eigenvalue weighted by Gasteiger charge is -2.09. The van der Waals surface area contributed by atoms with Crippen LogP contribution in [0.2, 0.25) is 0 Å². The van der Waals surface area contributed by atoms with Crippen LogP contribution in [0.1, 0.15) is 19.3 Å². The fourth-order valence-electron chi connectivity index (χ4n) is 1.50. The first-order valence-corrected chi connectivity index (χ1v) is 11.4. The van der Waals surface area contributed by atoms with Gasteiger partial charge in [0.25, 0.3) is 10.1 Å². The fraction of sp³-hybridized carbons (Fsp3) is 0.385. The molecule has 0 spiro atoms. The van der Waals surface area contributed by atoms with E-state index in [1.165, 1.54) is 0 Å². The molecule has 0 amide bonds. The Morgan fingerprint density at radius 1 is 1.04 bits per heavy atom. The first kappa shape index (κ1) is 22.3. The standard InChI is InChI=1S/C13H13I3O7S/c14-8-6-9(15)13(10(16)7-8)23-12(18)3-1-2-11(17)22-4-5-24(19,20)21/h6-7H,1-5H2,(H,19,20,21). The van der Waals surface area contributed by atoms with E-state index in [1.807, 2.05) is 12.1 Å². The monoisotopic (exact) mass is 694 g/mol. The van der Waals surface area contributed by atoms with Gasteiger partial charge in [0.15, 0.2) is 5.75 Å². The Kier molecular flexibility index (Phi) is 9.68. The minimum absolute atomic E-state index is 0.0333. The van der Waals surface area contributed by atoms with Crippen molar-refractivity contribution in [2.45, 2.75) is 19.3 Å². The molecule has 0 bridgehead atoms. The van der Waals surface area contributed by atoms with Gasteiger partial charge in [-0.25, -0.2) is 0 Å². The number of hydrogen-bond donors (Lipinski definition) is 1. The summed E-state index contributed by atoms with van der Waals surface area (Å²) in [5.41, 5.74) is 0. The molecular formula is C13H13I3O7S. The minimum atomic E-state index is -4.15. The number of benzene rings is 1. The molecule has 0 atom stereocenters. The highest BCUT2D eigenvalue weighted by Gasteiger charge is 2.14. The average Bonchev–Trinajstić information content (AvgIpc) is 2.41. The molecule has 1 aromatic rings. The Labute approximate surface area is 180 Å². The van der Waals surface area contributed by atoms with Crippen molar-refractivity contribution in [1.82, 2.24) is 0 Å². The van der Waals surface area contributed by atoms with E-state index in [0.29, 0.717) is 5.75 Å². The topological polar surface area (TPSA) is 107 Å². The van der Waals surface area contributed by atoms with E-state index in [2.05, 4.69) is 72.5 Å². The summed E-state index contributed by atoms with van der Waals surface area (Å²) < 4.78 is 42.1. The number of carbonyl (C=O) groups is 2. The number of ether oxygens (including phenoxy) is 2. The summed E-state index contributed by atoms with van der Waals surface area (Å²) in [6.45, 7) is -0.416. The molecule has 1 rings (SSSR count). The van der Waals surface area contributed by atoms with E-state index < -0.39 is 34.4 Å². The third-order valence-electron chi connectivity index (χ3n) is 2.55. The van der Waals surface area contributed by atoms with Crippen molar-refractivity contribution in [3.63, 3.8) is 0 Å². The lowest BCUT2D eigenvalue weighted by atomic mass is 10.2. The zero-order valence-corrected chi connectivity index (χ0v) is 19.4. The smallest absolute Gasteiger partial charge is 0.311 e. The van der Waals surface area contributed by atoms with Crippen molar-refractivity contribution in [3.8, 4) is 5.75 Å². The van der Waals surface area contributed by atoms with Crippen molar-refractivity contribution in [3.05, 3.63) is 22.8 Å². The van der Waals surface area contributed by atoms with Crippen LogP contribution < -0.4 is 4.74 Å². The second kappa shape index (κ2) is 10.4. The molecule has 7 nitrogen and oxygen atoms in total. The summed E-state index contributed by atoms with van der Waals surface area (Å²) >= 11 is 6.34. The highest BCUT2D eigenvalue weighted by molar-refractivity contribution is 14.1. The molecule has 0 aliphatic rings. The lowest BCUT2D eigenvalue weighted by molar-refractivity contribution is -0.143. The third kappa shape index (κ3) is 9.10. The van der Waals surface area contributed by atoms with Crippen molar-refractivity contribution in [1.29, 1.82) is 0 Å². The molecule has 1 N–H and O–H groups in total. The van der Waals surface area contributed by atoms with Crippen LogP contribution in [0.4, 0.5) is 0 Å². The summed E-state index contributed by atoms with van der Waals surface area (Å²) in [6, 6.07) is 3.77. The normalized spacial score (nSPS) is 11.2. The van der Waals surface area contributed by atoms with E-state index in [4.69, 9.17) is 9.29 Å². The molecule has 0 saturated carbocycles. The van der Waals surface area contributed by atoms with Crippen molar-refractivity contribution < 1.29 is 32.0 Å². The largest absolute Gasteiger partial charge is 0.464 e. The van der Waals surface area contributed by atoms with Crippen LogP contribution >= 0.6 is 67.8 Å². The molecule has 1 aromatic carbocycles. The van der Waals surface area contributed by atoms with Gasteiger partial charge < -0.3 is 9.47 Å². The second-order valence-corrected chi connectivity index (χ2v) is 9.67. The summed E-state index contributed by atoms with van der Waals surface area (Å²) in [5, 5.41) is 0.